The second-order valence-corrected chi connectivity index (χ2v) is 8.18. The molecule has 0 amide bonds. The highest BCUT2D eigenvalue weighted by molar-refractivity contribution is 5.46. The molecule has 0 N–H and O–H groups in total. The molecule has 0 aromatic carbocycles. The first-order valence-electron chi connectivity index (χ1n) is 10.5. The van der Waals surface area contributed by atoms with E-state index >= 15 is 0 Å². The Kier molecular flexibility index (Phi) is 4.79. The number of rotatable bonds is 4. The molecule has 2 aliphatic heterocycles. The van der Waals surface area contributed by atoms with Crippen molar-refractivity contribution in [3.63, 3.8) is 0 Å². The van der Waals surface area contributed by atoms with Gasteiger partial charge in [0.1, 0.15) is 5.82 Å². The van der Waals surface area contributed by atoms with Gasteiger partial charge in [-0.15, -0.1) is 15.3 Å². The van der Waals surface area contributed by atoms with Crippen molar-refractivity contribution in [1.29, 1.82) is 0 Å². The molecule has 2 saturated heterocycles. The number of fused-ring (bicyclic) bond motifs is 1. The van der Waals surface area contributed by atoms with Gasteiger partial charge in [0.05, 0.1) is 0 Å². The minimum Gasteiger partial charge on any atom is -0.355 e. The smallest absolute Gasteiger partial charge is 0.250 e. The van der Waals surface area contributed by atoms with Crippen LogP contribution in [0.1, 0.15) is 43.1 Å². The molecule has 8 nitrogen and oxygen atoms in total. The second-order valence-electron chi connectivity index (χ2n) is 8.18. The number of anilines is 1. The Balaban J connectivity index is 1.30. The Labute approximate surface area is 169 Å². The molecule has 0 aliphatic carbocycles. The largest absolute Gasteiger partial charge is 0.355 e. The molecular formula is C21H27N7O. The highest BCUT2D eigenvalue weighted by Crippen LogP contribution is 2.28. The summed E-state index contributed by atoms with van der Waals surface area (Å²) in [6, 6.07) is 9.57. The topological polar surface area (TPSA) is 71.6 Å². The van der Waals surface area contributed by atoms with Gasteiger partial charge in [-0.25, -0.2) is 0 Å². The van der Waals surface area contributed by atoms with Crippen LogP contribution in [-0.4, -0.2) is 55.5 Å². The lowest BCUT2D eigenvalue weighted by Crippen LogP contribution is -2.35. The average molecular weight is 393 g/mol. The van der Waals surface area contributed by atoms with E-state index in [9.17, 15) is 4.79 Å². The molecule has 3 aromatic heterocycles. The summed E-state index contributed by atoms with van der Waals surface area (Å²) < 4.78 is 3.69. The zero-order valence-corrected chi connectivity index (χ0v) is 16.9. The van der Waals surface area contributed by atoms with E-state index in [0.717, 1.165) is 68.5 Å². The lowest BCUT2D eigenvalue weighted by atomic mass is 9.96. The van der Waals surface area contributed by atoms with Crippen molar-refractivity contribution in [1.82, 2.24) is 29.3 Å². The number of nitrogens with zero attached hydrogens (tertiary/aromatic N) is 7. The minimum atomic E-state index is 0.0483. The molecule has 2 aliphatic rings. The number of likely N-dealkylation sites (tertiary alicyclic amines) is 1. The summed E-state index contributed by atoms with van der Waals surface area (Å²) in [7, 11) is 1.84. The zero-order valence-electron chi connectivity index (χ0n) is 16.9. The third kappa shape index (κ3) is 3.53. The second kappa shape index (κ2) is 7.59. The van der Waals surface area contributed by atoms with E-state index < -0.39 is 0 Å². The van der Waals surface area contributed by atoms with Crippen molar-refractivity contribution < 1.29 is 0 Å². The molecule has 5 rings (SSSR count). The first-order valence-corrected chi connectivity index (χ1v) is 10.5. The number of piperidine rings is 1. The first-order chi connectivity index (χ1) is 14.2. The van der Waals surface area contributed by atoms with Crippen LogP contribution in [0.25, 0.3) is 5.65 Å². The molecule has 29 heavy (non-hydrogen) atoms. The number of pyridine rings is 1. The molecule has 8 heteroatoms. The number of aromatic nitrogens is 5. The van der Waals surface area contributed by atoms with Gasteiger partial charge in [-0.05, 0) is 57.0 Å². The van der Waals surface area contributed by atoms with E-state index in [-0.39, 0.29) is 5.56 Å². The lowest BCUT2D eigenvalue weighted by Gasteiger charge is -2.31. The van der Waals surface area contributed by atoms with Gasteiger partial charge in [-0.3, -0.25) is 9.69 Å². The molecular weight excluding hydrogens is 366 g/mol. The van der Waals surface area contributed by atoms with Gasteiger partial charge < -0.3 is 9.47 Å². The zero-order chi connectivity index (χ0) is 19.8. The van der Waals surface area contributed by atoms with Gasteiger partial charge in [-0.2, -0.15) is 4.52 Å². The molecule has 3 aromatic rings. The van der Waals surface area contributed by atoms with E-state index in [1.807, 2.05) is 29.8 Å². The Morgan fingerprint density at radius 1 is 1.00 bits per heavy atom. The van der Waals surface area contributed by atoms with Gasteiger partial charge in [0.2, 0.25) is 5.56 Å². The van der Waals surface area contributed by atoms with Gasteiger partial charge in [0.25, 0.3) is 0 Å². The van der Waals surface area contributed by atoms with Crippen LogP contribution in [0.2, 0.25) is 0 Å². The first kappa shape index (κ1) is 18.3. The molecule has 5 heterocycles. The van der Waals surface area contributed by atoms with Crippen molar-refractivity contribution in [2.24, 2.45) is 7.05 Å². The fourth-order valence-electron chi connectivity index (χ4n) is 4.51. The summed E-state index contributed by atoms with van der Waals surface area (Å²) in [5, 5.41) is 13.7. The van der Waals surface area contributed by atoms with Crippen LogP contribution in [0, 0.1) is 0 Å². The van der Waals surface area contributed by atoms with Crippen LogP contribution >= 0.6 is 0 Å². The molecule has 0 atom stereocenters. The Hall–Kier alpha value is -2.74. The van der Waals surface area contributed by atoms with Crippen LogP contribution in [0.3, 0.4) is 0 Å². The quantitative estimate of drug-likeness (QED) is 0.673. The molecule has 0 saturated carbocycles. The molecule has 152 valence electrons. The maximum absolute atomic E-state index is 11.9. The van der Waals surface area contributed by atoms with E-state index in [4.69, 9.17) is 5.10 Å². The van der Waals surface area contributed by atoms with Crippen molar-refractivity contribution in [2.45, 2.75) is 38.1 Å². The van der Waals surface area contributed by atoms with E-state index in [1.54, 1.807) is 10.6 Å². The lowest BCUT2D eigenvalue weighted by molar-refractivity contribution is 0.196. The number of hydrogen-bond acceptors (Lipinski definition) is 6. The highest BCUT2D eigenvalue weighted by Gasteiger charge is 2.26. The molecule has 0 radical (unpaired) electrons. The van der Waals surface area contributed by atoms with Gasteiger partial charge in [0.15, 0.2) is 11.5 Å². The predicted octanol–water partition coefficient (Wildman–Crippen LogP) is 1.80. The van der Waals surface area contributed by atoms with Crippen LogP contribution < -0.4 is 10.5 Å². The molecule has 0 spiro atoms. The average Bonchev–Trinajstić information content (AvgIpc) is 3.42. The summed E-state index contributed by atoms with van der Waals surface area (Å²) >= 11 is 0. The summed E-state index contributed by atoms with van der Waals surface area (Å²) in [6.07, 6.45) is 4.52. The maximum Gasteiger partial charge on any atom is 0.250 e. The van der Waals surface area contributed by atoms with Crippen LogP contribution in [0.4, 0.5) is 5.82 Å². The molecule has 2 fully saturated rings. The standard InChI is InChI=1S/C21H27N7O/c1-25-17(5-4-6-20(25)29)15-26-13-9-16(10-14-26)21-23-22-18-7-8-19(24-28(18)21)27-11-2-3-12-27/h4-8,16H,2-3,9-15H2,1H3. The van der Waals surface area contributed by atoms with Crippen molar-refractivity contribution in [3.05, 3.63) is 52.2 Å². The minimum absolute atomic E-state index is 0.0483. The summed E-state index contributed by atoms with van der Waals surface area (Å²) in [5.41, 5.74) is 1.93. The Bertz CT molecular complexity index is 1060. The van der Waals surface area contributed by atoms with E-state index in [2.05, 4.69) is 26.1 Å². The van der Waals surface area contributed by atoms with Gasteiger partial charge in [-0.1, -0.05) is 6.07 Å². The highest BCUT2D eigenvalue weighted by atomic mass is 16.1. The summed E-state index contributed by atoms with van der Waals surface area (Å²) in [4.78, 5) is 16.6. The van der Waals surface area contributed by atoms with Crippen molar-refractivity contribution >= 4 is 11.5 Å². The van der Waals surface area contributed by atoms with Crippen LogP contribution in [0.5, 0.6) is 0 Å². The maximum atomic E-state index is 11.9. The van der Waals surface area contributed by atoms with Crippen molar-refractivity contribution in [3.8, 4) is 0 Å². The van der Waals surface area contributed by atoms with Crippen LogP contribution in [0.15, 0.2) is 35.1 Å². The van der Waals surface area contributed by atoms with Crippen molar-refractivity contribution in [2.75, 3.05) is 31.1 Å². The molecule has 0 unspecified atom stereocenters. The fourth-order valence-corrected chi connectivity index (χ4v) is 4.51. The Morgan fingerprint density at radius 3 is 2.59 bits per heavy atom. The monoisotopic (exact) mass is 393 g/mol. The predicted molar refractivity (Wildman–Crippen MR) is 111 cm³/mol. The van der Waals surface area contributed by atoms with Crippen LogP contribution in [-0.2, 0) is 13.6 Å². The summed E-state index contributed by atoms with van der Waals surface area (Å²) in [6.45, 7) is 4.92. The Morgan fingerprint density at radius 2 is 1.79 bits per heavy atom. The normalized spacial score (nSPS) is 18.7. The number of hydrogen-bond donors (Lipinski definition) is 0. The third-order valence-electron chi connectivity index (χ3n) is 6.33. The fraction of sp³-hybridized carbons (Fsp3) is 0.524. The van der Waals surface area contributed by atoms with E-state index in [1.165, 1.54) is 12.8 Å². The SMILES string of the molecule is Cn1c(CN2CCC(c3nnc4ccc(N5CCCC5)nn34)CC2)cccc1=O. The summed E-state index contributed by atoms with van der Waals surface area (Å²) in [5.74, 6) is 2.37. The van der Waals surface area contributed by atoms with Gasteiger partial charge >= 0.3 is 0 Å². The van der Waals surface area contributed by atoms with Gasteiger partial charge in [0, 0.05) is 44.4 Å². The molecule has 0 bridgehead atoms. The third-order valence-corrected chi connectivity index (χ3v) is 6.33. The van der Waals surface area contributed by atoms with E-state index in [0.29, 0.717) is 5.92 Å².